The first-order chi connectivity index (χ1) is 24.1. The second-order valence-corrected chi connectivity index (χ2v) is 15.7. The highest BCUT2D eigenvalue weighted by molar-refractivity contribution is 6.16. The van der Waals surface area contributed by atoms with E-state index in [0.29, 0.717) is 36.3 Å². The topological polar surface area (TPSA) is 122 Å². The number of benzene rings is 1. The largest absolute Gasteiger partial charge is 0.357 e. The Labute approximate surface area is 293 Å². The van der Waals surface area contributed by atoms with Crippen LogP contribution in [0.4, 0.5) is 11.5 Å². The maximum atomic E-state index is 13.8. The molecule has 0 saturated carbocycles. The lowest BCUT2D eigenvalue weighted by atomic mass is 9.76. The van der Waals surface area contributed by atoms with Crippen LogP contribution < -0.4 is 9.80 Å². The Morgan fingerprint density at radius 2 is 1.78 bits per heavy atom. The summed E-state index contributed by atoms with van der Waals surface area (Å²) < 4.78 is 0. The Bertz CT molecular complexity index is 1900. The molecule has 3 aromatic heterocycles. The molecule has 4 aromatic rings. The van der Waals surface area contributed by atoms with Crippen LogP contribution in [0.15, 0.2) is 42.6 Å². The molecule has 1 atom stereocenters. The fraction of sp³-hybridized carbons (Fsp3) is 0.513. The normalized spacial score (nSPS) is 22.0. The quantitative estimate of drug-likeness (QED) is 0.256. The van der Waals surface area contributed by atoms with Crippen LogP contribution in [0.5, 0.6) is 0 Å². The van der Waals surface area contributed by atoms with Gasteiger partial charge in [-0.15, -0.1) is 0 Å². The fourth-order valence-corrected chi connectivity index (χ4v) is 8.57. The Morgan fingerprint density at radius 1 is 0.980 bits per heavy atom. The number of aromatic nitrogens is 4. The molecule has 6 heterocycles. The minimum atomic E-state index is -0.142. The van der Waals surface area contributed by atoms with E-state index in [1.165, 1.54) is 16.2 Å². The summed E-state index contributed by atoms with van der Waals surface area (Å²) >= 11 is 0. The standard InChI is InChI=1S/C39H48N8O3/c1-25-23-44(24-26-12-15-45(16-13-26)34-10-9-29(22-40-34)47-35(48)5-4-6-36(47)49)17-18-46(25)38(50)28-8-7-27-19-32(41-31(27)20-28)37-30-11-14-39(2,3)21-33(30)42-43-37/h7-10,19-20,22,25-26,41H,4-6,11-18,21,23-24H2,1-3H3,(H,42,43)/t25-/m0/s1. The molecule has 50 heavy (non-hydrogen) atoms. The number of imide groups is 1. The van der Waals surface area contributed by atoms with E-state index in [9.17, 15) is 14.4 Å². The number of hydrogen-bond donors (Lipinski definition) is 2. The number of hydrogen-bond acceptors (Lipinski definition) is 7. The van der Waals surface area contributed by atoms with Crippen molar-refractivity contribution in [2.24, 2.45) is 11.3 Å². The SMILES string of the molecule is C[C@H]1CN(CC2CCN(c3ccc(N4C(=O)CCCC4=O)cn3)CC2)CCN1C(=O)c1ccc2cc(-c3n[nH]c4c3CCC(C)(C)C4)[nH]c2c1. The molecule has 0 unspecified atom stereocenters. The number of nitrogens with one attached hydrogen (secondary N) is 2. The number of aromatic amines is 2. The average molecular weight is 677 g/mol. The molecule has 3 aliphatic heterocycles. The van der Waals surface area contributed by atoms with Gasteiger partial charge in [0.25, 0.3) is 5.91 Å². The van der Waals surface area contributed by atoms with E-state index >= 15 is 0 Å². The molecule has 262 valence electrons. The van der Waals surface area contributed by atoms with Crippen molar-refractivity contribution >= 4 is 40.1 Å². The van der Waals surface area contributed by atoms with Gasteiger partial charge in [-0.25, -0.2) is 9.88 Å². The summed E-state index contributed by atoms with van der Waals surface area (Å²) in [6.45, 7) is 12.2. The predicted molar refractivity (Wildman–Crippen MR) is 194 cm³/mol. The minimum Gasteiger partial charge on any atom is -0.357 e. The Hall–Kier alpha value is -4.51. The molecule has 2 N–H and O–H groups in total. The third kappa shape index (κ3) is 6.32. The van der Waals surface area contributed by atoms with Gasteiger partial charge in [0.2, 0.25) is 11.8 Å². The van der Waals surface area contributed by atoms with Crippen LogP contribution in [0.1, 0.15) is 80.9 Å². The molecular formula is C39H48N8O3. The third-order valence-corrected chi connectivity index (χ3v) is 11.5. The molecule has 0 spiro atoms. The van der Waals surface area contributed by atoms with Crippen LogP contribution in [0, 0.1) is 11.3 Å². The second-order valence-electron chi connectivity index (χ2n) is 15.7. The Balaban J connectivity index is 0.844. The van der Waals surface area contributed by atoms with Crippen molar-refractivity contribution in [3.8, 4) is 11.4 Å². The van der Waals surface area contributed by atoms with Gasteiger partial charge in [0.15, 0.2) is 0 Å². The number of rotatable bonds is 6. The zero-order valence-corrected chi connectivity index (χ0v) is 29.5. The smallest absolute Gasteiger partial charge is 0.254 e. The lowest BCUT2D eigenvalue weighted by molar-refractivity contribution is -0.129. The second kappa shape index (κ2) is 13.0. The number of piperidine rings is 2. The predicted octanol–water partition coefficient (Wildman–Crippen LogP) is 5.57. The van der Waals surface area contributed by atoms with Crippen LogP contribution in [0.2, 0.25) is 0 Å². The zero-order chi connectivity index (χ0) is 34.6. The number of H-pyrrole nitrogens is 2. The van der Waals surface area contributed by atoms with Crippen molar-refractivity contribution in [3.63, 3.8) is 0 Å². The number of carbonyl (C=O) groups is 3. The molecule has 0 radical (unpaired) electrons. The molecule has 0 bridgehead atoms. The Kier molecular flexibility index (Phi) is 8.49. The monoisotopic (exact) mass is 676 g/mol. The van der Waals surface area contributed by atoms with Crippen molar-refractivity contribution in [2.75, 3.05) is 49.1 Å². The summed E-state index contributed by atoms with van der Waals surface area (Å²) in [5, 5.41) is 9.08. The number of carbonyl (C=O) groups excluding carboxylic acids is 3. The molecule has 1 aliphatic carbocycles. The van der Waals surface area contributed by atoms with Gasteiger partial charge in [-0.05, 0) is 87.1 Å². The van der Waals surface area contributed by atoms with Gasteiger partial charge >= 0.3 is 0 Å². The van der Waals surface area contributed by atoms with Crippen LogP contribution in [-0.4, -0.2) is 93.0 Å². The van der Waals surface area contributed by atoms with E-state index in [4.69, 9.17) is 5.10 Å². The van der Waals surface area contributed by atoms with E-state index in [1.807, 2.05) is 29.2 Å². The summed E-state index contributed by atoms with van der Waals surface area (Å²) in [4.78, 5) is 54.7. The number of amides is 3. The first-order valence-electron chi connectivity index (χ1n) is 18.4. The number of nitrogens with zero attached hydrogens (tertiary/aromatic N) is 6. The summed E-state index contributed by atoms with van der Waals surface area (Å²) in [5.74, 6) is 1.30. The molecule has 3 saturated heterocycles. The highest BCUT2D eigenvalue weighted by Crippen LogP contribution is 2.38. The lowest BCUT2D eigenvalue weighted by Crippen LogP contribution is -2.55. The van der Waals surface area contributed by atoms with Gasteiger partial charge in [0.05, 0.1) is 17.6 Å². The van der Waals surface area contributed by atoms with Crippen LogP contribution in [0.25, 0.3) is 22.3 Å². The molecule has 11 heteroatoms. The van der Waals surface area contributed by atoms with Gasteiger partial charge < -0.3 is 14.8 Å². The molecule has 1 aromatic carbocycles. The summed E-state index contributed by atoms with van der Waals surface area (Å²) in [5.41, 5.74) is 7.13. The Morgan fingerprint density at radius 3 is 2.52 bits per heavy atom. The molecule has 8 rings (SSSR count). The van der Waals surface area contributed by atoms with Crippen molar-refractivity contribution in [3.05, 3.63) is 59.4 Å². The van der Waals surface area contributed by atoms with E-state index < -0.39 is 0 Å². The van der Waals surface area contributed by atoms with Gasteiger partial charge in [0, 0.05) is 85.9 Å². The van der Waals surface area contributed by atoms with Crippen molar-refractivity contribution in [2.45, 2.75) is 78.2 Å². The van der Waals surface area contributed by atoms with Crippen LogP contribution in [-0.2, 0) is 22.4 Å². The van der Waals surface area contributed by atoms with E-state index in [-0.39, 0.29) is 23.8 Å². The number of pyridine rings is 1. The third-order valence-electron chi connectivity index (χ3n) is 11.5. The number of fused-ring (bicyclic) bond motifs is 2. The summed E-state index contributed by atoms with van der Waals surface area (Å²) in [6, 6.07) is 12.1. The summed E-state index contributed by atoms with van der Waals surface area (Å²) in [6.07, 6.45) is 8.45. The molecule has 11 nitrogen and oxygen atoms in total. The maximum Gasteiger partial charge on any atom is 0.254 e. The van der Waals surface area contributed by atoms with Gasteiger partial charge in [-0.2, -0.15) is 5.10 Å². The highest BCUT2D eigenvalue weighted by Gasteiger charge is 2.32. The van der Waals surface area contributed by atoms with E-state index in [2.05, 4.69) is 57.8 Å². The minimum absolute atomic E-state index is 0.0930. The van der Waals surface area contributed by atoms with Gasteiger partial charge in [-0.1, -0.05) is 19.9 Å². The highest BCUT2D eigenvalue weighted by atomic mass is 16.2. The van der Waals surface area contributed by atoms with E-state index in [1.54, 1.807) is 6.20 Å². The molecule has 4 aliphatic rings. The summed E-state index contributed by atoms with van der Waals surface area (Å²) in [7, 11) is 0. The number of piperazine rings is 1. The molecule has 3 fully saturated rings. The van der Waals surface area contributed by atoms with Crippen molar-refractivity contribution in [1.82, 2.24) is 30.0 Å². The van der Waals surface area contributed by atoms with Gasteiger partial charge in [-0.3, -0.25) is 24.4 Å². The van der Waals surface area contributed by atoms with E-state index in [0.717, 1.165) is 105 Å². The molecular weight excluding hydrogens is 628 g/mol. The number of anilines is 2. The first kappa shape index (κ1) is 32.7. The van der Waals surface area contributed by atoms with Gasteiger partial charge in [0.1, 0.15) is 11.5 Å². The zero-order valence-electron chi connectivity index (χ0n) is 29.5. The van der Waals surface area contributed by atoms with Crippen LogP contribution in [0.3, 0.4) is 0 Å². The first-order valence-corrected chi connectivity index (χ1v) is 18.4. The van der Waals surface area contributed by atoms with Crippen molar-refractivity contribution in [1.29, 1.82) is 0 Å². The lowest BCUT2D eigenvalue weighted by Gasteiger charge is -2.42. The van der Waals surface area contributed by atoms with Crippen molar-refractivity contribution < 1.29 is 14.4 Å². The molecule has 3 amide bonds. The maximum absolute atomic E-state index is 13.8. The van der Waals surface area contributed by atoms with Crippen LogP contribution >= 0.6 is 0 Å². The fourth-order valence-electron chi connectivity index (χ4n) is 8.57. The average Bonchev–Trinajstić information content (AvgIpc) is 3.71.